The first-order valence-electron chi connectivity index (χ1n) is 3.56. The van der Waals surface area contributed by atoms with E-state index in [4.69, 9.17) is 23.2 Å². The SMILES string of the molecule is Clc1nc(Cl)c2c(n1)CSCC2. The topological polar surface area (TPSA) is 25.8 Å². The van der Waals surface area contributed by atoms with Crippen LogP contribution in [0.5, 0.6) is 0 Å². The van der Waals surface area contributed by atoms with Crippen LogP contribution in [0.25, 0.3) is 0 Å². The van der Waals surface area contributed by atoms with Crippen LogP contribution in [0, 0.1) is 0 Å². The van der Waals surface area contributed by atoms with Crippen LogP contribution in [-0.2, 0) is 12.2 Å². The lowest BCUT2D eigenvalue weighted by Gasteiger charge is -2.14. The van der Waals surface area contributed by atoms with Gasteiger partial charge in [-0.1, -0.05) is 11.6 Å². The fraction of sp³-hybridized carbons (Fsp3) is 0.429. The van der Waals surface area contributed by atoms with E-state index in [1.165, 1.54) is 0 Å². The maximum atomic E-state index is 5.90. The zero-order valence-electron chi connectivity index (χ0n) is 6.18. The lowest BCUT2D eigenvalue weighted by atomic mass is 10.2. The third-order valence-corrected chi connectivity index (χ3v) is 3.20. The lowest BCUT2D eigenvalue weighted by molar-refractivity contribution is 0.972. The molecule has 2 nitrogen and oxygen atoms in total. The van der Waals surface area contributed by atoms with Gasteiger partial charge in [0.2, 0.25) is 5.28 Å². The Morgan fingerprint density at radius 2 is 2.08 bits per heavy atom. The smallest absolute Gasteiger partial charge is 0.222 e. The molecule has 1 aromatic heterocycles. The average Bonchev–Trinajstić information content (AvgIpc) is 2.04. The molecule has 2 rings (SSSR count). The van der Waals surface area contributed by atoms with Crippen molar-refractivity contribution < 1.29 is 0 Å². The lowest BCUT2D eigenvalue weighted by Crippen LogP contribution is -2.07. The normalized spacial score (nSPS) is 15.8. The first-order chi connectivity index (χ1) is 5.77. The number of thioether (sulfide) groups is 1. The van der Waals surface area contributed by atoms with Crippen molar-refractivity contribution in [2.45, 2.75) is 12.2 Å². The molecule has 0 radical (unpaired) electrons. The van der Waals surface area contributed by atoms with Crippen LogP contribution >= 0.6 is 35.0 Å². The minimum absolute atomic E-state index is 0.251. The van der Waals surface area contributed by atoms with Crippen LogP contribution in [0.1, 0.15) is 11.3 Å². The van der Waals surface area contributed by atoms with Gasteiger partial charge < -0.3 is 0 Å². The summed E-state index contributed by atoms with van der Waals surface area (Å²) < 4.78 is 0. The molecule has 0 saturated heterocycles. The monoisotopic (exact) mass is 220 g/mol. The van der Waals surface area contributed by atoms with Gasteiger partial charge in [0.1, 0.15) is 5.15 Å². The van der Waals surface area contributed by atoms with Crippen LogP contribution in [0.2, 0.25) is 10.4 Å². The molecule has 12 heavy (non-hydrogen) atoms. The van der Waals surface area contributed by atoms with Crippen LogP contribution in [0.3, 0.4) is 0 Å². The highest BCUT2D eigenvalue weighted by atomic mass is 35.5. The summed E-state index contributed by atoms with van der Waals surface area (Å²) in [6.07, 6.45) is 0.954. The summed E-state index contributed by atoms with van der Waals surface area (Å²) in [7, 11) is 0. The Balaban J connectivity index is 2.53. The van der Waals surface area contributed by atoms with E-state index in [9.17, 15) is 0 Å². The Labute approximate surface area is 84.7 Å². The third-order valence-electron chi connectivity index (χ3n) is 1.75. The summed E-state index contributed by atoms with van der Waals surface area (Å²) in [5.74, 6) is 2.00. The minimum atomic E-state index is 0.251. The van der Waals surface area contributed by atoms with Crippen molar-refractivity contribution in [1.82, 2.24) is 9.97 Å². The maximum Gasteiger partial charge on any atom is 0.224 e. The van der Waals surface area contributed by atoms with Crippen LogP contribution in [0.15, 0.2) is 0 Å². The van der Waals surface area contributed by atoms with Gasteiger partial charge in [-0.2, -0.15) is 11.8 Å². The Bertz CT molecular complexity index is 317. The number of rotatable bonds is 0. The van der Waals surface area contributed by atoms with E-state index < -0.39 is 0 Å². The summed E-state index contributed by atoms with van der Waals surface area (Å²) in [6, 6.07) is 0. The number of nitrogens with zero attached hydrogens (tertiary/aromatic N) is 2. The summed E-state index contributed by atoms with van der Waals surface area (Å²) >= 11 is 13.4. The van der Waals surface area contributed by atoms with Crippen molar-refractivity contribution in [3.05, 3.63) is 21.7 Å². The van der Waals surface area contributed by atoms with E-state index in [-0.39, 0.29) is 5.28 Å². The zero-order valence-corrected chi connectivity index (χ0v) is 8.51. The van der Waals surface area contributed by atoms with Gasteiger partial charge in [0.25, 0.3) is 0 Å². The van der Waals surface area contributed by atoms with E-state index in [1.54, 1.807) is 0 Å². The Hall–Kier alpha value is 0.01000. The highest BCUT2D eigenvalue weighted by molar-refractivity contribution is 7.98. The van der Waals surface area contributed by atoms with Crippen LogP contribution in [0.4, 0.5) is 0 Å². The predicted octanol–water partition coefficient (Wildman–Crippen LogP) is 2.57. The Morgan fingerprint density at radius 3 is 2.92 bits per heavy atom. The molecular weight excluding hydrogens is 215 g/mol. The Morgan fingerprint density at radius 1 is 1.25 bits per heavy atom. The van der Waals surface area contributed by atoms with E-state index in [2.05, 4.69) is 9.97 Å². The number of aromatic nitrogens is 2. The number of hydrogen-bond donors (Lipinski definition) is 0. The standard InChI is InChI=1S/C7H6Cl2N2S/c8-6-4-1-2-12-3-5(4)10-7(9)11-6/h1-3H2. The van der Waals surface area contributed by atoms with Gasteiger partial charge in [-0.3, -0.25) is 0 Å². The molecule has 2 heterocycles. The quantitative estimate of drug-likeness (QED) is 0.497. The van der Waals surface area contributed by atoms with Gasteiger partial charge >= 0.3 is 0 Å². The van der Waals surface area contributed by atoms with Crippen molar-refractivity contribution in [2.24, 2.45) is 0 Å². The van der Waals surface area contributed by atoms with Crippen molar-refractivity contribution >= 4 is 35.0 Å². The average molecular weight is 221 g/mol. The summed E-state index contributed by atoms with van der Waals surface area (Å²) in [5.41, 5.74) is 2.07. The number of hydrogen-bond acceptors (Lipinski definition) is 3. The molecule has 0 spiro atoms. The molecular formula is C7H6Cl2N2S. The van der Waals surface area contributed by atoms with E-state index in [0.717, 1.165) is 29.2 Å². The molecule has 64 valence electrons. The Kier molecular flexibility index (Phi) is 2.44. The molecule has 0 atom stereocenters. The van der Waals surface area contributed by atoms with E-state index >= 15 is 0 Å². The summed E-state index contributed by atoms with van der Waals surface area (Å²) in [5, 5.41) is 0.770. The molecule has 0 aromatic carbocycles. The molecule has 0 unspecified atom stereocenters. The second kappa shape index (κ2) is 3.40. The fourth-order valence-corrected chi connectivity index (χ4v) is 2.62. The van der Waals surface area contributed by atoms with Crippen LogP contribution < -0.4 is 0 Å². The fourth-order valence-electron chi connectivity index (χ4n) is 1.18. The van der Waals surface area contributed by atoms with Crippen molar-refractivity contribution in [3.63, 3.8) is 0 Å². The van der Waals surface area contributed by atoms with Gasteiger partial charge in [-0.25, -0.2) is 9.97 Å². The number of halogens is 2. The molecule has 5 heteroatoms. The maximum absolute atomic E-state index is 5.90. The highest BCUT2D eigenvalue weighted by Gasteiger charge is 2.15. The van der Waals surface area contributed by atoms with Crippen molar-refractivity contribution in [3.8, 4) is 0 Å². The largest absolute Gasteiger partial charge is 0.224 e. The summed E-state index contributed by atoms with van der Waals surface area (Å²) in [6.45, 7) is 0. The third kappa shape index (κ3) is 1.53. The molecule has 0 amide bonds. The first-order valence-corrected chi connectivity index (χ1v) is 5.47. The molecule has 1 aliphatic heterocycles. The van der Waals surface area contributed by atoms with Gasteiger partial charge in [0.15, 0.2) is 0 Å². The zero-order chi connectivity index (χ0) is 8.55. The van der Waals surface area contributed by atoms with E-state index in [0.29, 0.717) is 5.15 Å². The van der Waals surface area contributed by atoms with Gasteiger partial charge in [-0.05, 0) is 23.8 Å². The minimum Gasteiger partial charge on any atom is -0.222 e. The highest BCUT2D eigenvalue weighted by Crippen LogP contribution is 2.28. The second-order valence-electron chi connectivity index (χ2n) is 2.51. The van der Waals surface area contributed by atoms with Crippen molar-refractivity contribution in [2.75, 3.05) is 5.75 Å². The second-order valence-corrected chi connectivity index (χ2v) is 4.31. The first kappa shape index (κ1) is 8.60. The van der Waals surface area contributed by atoms with Gasteiger partial charge in [0.05, 0.1) is 5.69 Å². The van der Waals surface area contributed by atoms with Gasteiger partial charge in [-0.15, -0.1) is 0 Å². The number of fused-ring (bicyclic) bond motifs is 1. The molecule has 0 saturated carbocycles. The molecule has 0 fully saturated rings. The van der Waals surface area contributed by atoms with Gasteiger partial charge in [0, 0.05) is 11.3 Å². The molecule has 1 aromatic rings. The summed E-state index contributed by atoms with van der Waals surface area (Å²) in [4.78, 5) is 8.02. The molecule has 1 aliphatic rings. The molecule has 0 bridgehead atoms. The molecule has 0 aliphatic carbocycles. The van der Waals surface area contributed by atoms with E-state index in [1.807, 2.05) is 11.8 Å². The van der Waals surface area contributed by atoms with Crippen molar-refractivity contribution in [1.29, 1.82) is 0 Å². The van der Waals surface area contributed by atoms with Crippen LogP contribution in [-0.4, -0.2) is 15.7 Å². The predicted molar refractivity (Wildman–Crippen MR) is 51.9 cm³/mol. The molecule has 0 N–H and O–H groups in total.